The second-order valence-corrected chi connectivity index (χ2v) is 5.74. The number of amides is 1. The molecule has 116 valence electrons. The summed E-state index contributed by atoms with van der Waals surface area (Å²) >= 11 is 0. The van der Waals surface area contributed by atoms with E-state index < -0.39 is 0 Å². The van der Waals surface area contributed by atoms with Crippen LogP contribution >= 0.6 is 0 Å². The first kappa shape index (κ1) is 14.8. The Kier molecular flexibility index (Phi) is 4.85. The summed E-state index contributed by atoms with van der Waals surface area (Å²) in [6, 6.07) is 10.5. The largest absolute Gasteiger partial charge is 0.352 e. The Morgan fingerprint density at radius 2 is 2.23 bits per heavy atom. The Morgan fingerprint density at radius 3 is 3.00 bits per heavy atom. The molecule has 5 heteroatoms. The quantitative estimate of drug-likeness (QED) is 0.858. The SMILES string of the molecule is O=C(CCC1CCCN1)NCc1cnn(-c2ccccc2)c1. The lowest BCUT2D eigenvalue weighted by atomic mass is 10.1. The summed E-state index contributed by atoms with van der Waals surface area (Å²) in [4.78, 5) is 11.9. The van der Waals surface area contributed by atoms with Gasteiger partial charge < -0.3 is 10.6 Å². The predicted octanol–water partition coefficient (Wildman–Crippen LogP) is 2.02. The van der Waals surface area contributed by atoms with Crippen molar-refractivity contribution in [2.45, 2.75) is 38.3 Å². The van der Waals surface area contributed by atoms with E-state index >= 15 is 0 Å². The minimum atomic E-state index is 0.112. The Morgan fingerprint density at radius 1 is 1.36 bits per heavy atom. The number of aromatic nitrogens is 2. The fraction of sp³-hybridized carbons (Fsp3) is 0.412. The van der Waals surface area contributed by atoms with Crippen molar-refractivity contribution >= 4 is 5.91 Å². The van der Waals surface area contributed by atoms with Crippen LogP contribution in [0.5, 0.6) is 0 Å². The van der Waals surface area contributed by atoms with Gasteiger partial charge in [0.05, 0.1) is 11.9 Å². The Labute approximate surface area is 130 Å². The fourth-order valence-electron chi connectivity index (χ4n) is 2.77. The molecule has 2 heterocycles. The third-order valence-corrected chi connectivity index (χ3v) is 4.03. The molecule has 1 aliphatic rings. The van der Waals surface area contributed by atoms with E-state index in [1.807, 2.05) is 41.2 Å². The van der Waals surface area contributed by atoms with E-state index in [1.54, 1.807) is 6.20 Å². The molecule has 0 bridgehead atoms. The van der Waals surface area contributed by atoms with Gasteiger partial charge in [-0.25, -0.2) is 4.68 Å². The van der Waals surface area contributed by atoms with Crippen molar-refractivity contribution in [1.29, 1.82) is 0 Å². The predicted molar refractivity (Wildman–Crippen MR) is 85.7 cm³/mol. The van der Waals surface area contributed by atoms with Gasteiger partial charge in [-0.2, -0.15) is 5.10 Å². The van der Waals surface area contributed by atoms with Crippen LogP contribution in [0, 0.1) is 0 Å². The molecule has 0 aliphatic carbocycles. The number of para-hydroxylation sites is 1. The number of nitrogens with one attached hydrogen (secondary N) is 2. The molecule has 3 rings (SSSR count). The van der Waals surface area contributed by atoms with Crippen molar-refractivity contribution in [3.8, 4) is 5.69 Å². The molecule has 1 unspecified atom stereocenters. The highest BCUT2D eigenvalue weighted by Gasteiger charge is 2.15. The third-order valence-electron chi connectivity index (χ3n) is 4.03. The number of nitrogens with zero attached hydrogens (tertiary/aromatic N) is 2. The van der Waals surface area contributed by atoms with Crippen LogP contribution in [0.2, 0.25) is 0 Å². The molecule has 1 atom stereocenters. The van der Waals surface area contributed by atoms with Gasteiger partial charge in [-0.15, -0.1) is 0 Å². The maximum Gasteiger partial charge on any atom is 0.220 e. The smallest absolute Gasteiger partial charge is 0.220 e. The number of benzene rings is 1. The lowest BCUT2D eigenvalue weighted by Crippen LogP contribution is -2.27. The van der Waals surface area contributed by atoms with Crippen LogP contribution < -0.4 is 10.6 Å². The number of hydrogen-bond acceptors (Lipinski definition) is 3. The molecule has 1 fully saturated rings. The first-order valence-electron chi connectivity index (χ1n) is 7.90. The average Bonchev–Trinajstić information content (AvgIpc) is 3.23. The summed E-state index contributed by atoms with van der Waals surface area (Å²) in [5.74, 6) is 0.112. The van der Waals surface area contributed by atoms with Crippen LogP contribution in [0.3, 0.4) is 0 Å². The van der Waals surface area contributed by atoms with Gasteiger partial charge in [0, 0.05) is 30.8 Å². The average molecular weight is 298 g/mol. The zero-order valence-corrected chi connectivity index (χ0v) is 12.7. The van der Waals surface area contributed by atoms with Crippen molar-refractivity contribution in [3.63, 3.8) is 0 Å². The monoisotopic (exact) mass is 298 g/mol. The molecule has 2 N–H and O–H groups in total. The minimum Gasteiger partial charge on any atom is -0.352 e. The van der Waals surface area contributed by atoms with E-state index in [4.69, 9.17) is 0 Å². The summed E-state index contributed by atoms with van der Waals surface area (Å²) in [5, 5.41) is 10.7. The summed E-state index contributed by atoms with van der Waals surface area (Å²) in [6.07, 6.45) is 7.68. The molecule has 0 spiro atoms. The van der Waals surface area contributed by atoms with Crippen LogP contribution in [0.15, 0.2) is 42.7 Å². The zero-order chi connectivity index (χ0) is 15.2. The van der Waals surface area contributed by atoms with Crippen LogP contribution in [0.1, 0.15) is 31.2 Å². The molecule has 1 amide bonds. The van der Waals surface area contributed by atoms with E-state index in [0.717, 1.165) is 24.2 Å². The molecule has 1 saturated heterocycles. The van der Waals surface area contributed by atoms with Gasteiger partial charge in [-0.05, 0) is 37.9 Å². The van der Waals surface area contributed by atoms with E-state index in [-0.39, 0.29) is 5.91 Å². The number of carbonyl (C=O) groups is 1. The Balaban J connectivity index is 1.45. The normalized spacial score (nSPS) is 17.5. The maximum absolute atomic E-state index is 11.9. The van der Waals surface area contributed by atoms with Crippen molar-refractivity contribution in [2.24, 2.45) is 0 Å². The lowest BCUT2D eigenvalue weighted by Gasteiger charge is -2.09. The van der Waals surface area contributed by atoms with Crippen molar-refractivity contribution < 1.29 is 4.79 Å². The van der Waals surface area contributed by atoms with Crippen LogP contribution in [-0.2, 0) is 11.3 Å². The van der Waals surface area contributed by atoms with Crippen LogP contribution in [0.25, 0.3) is 5.69 Å². The standard InChI is InChI=1S/C17H22N4O/c22-17(9-8-15-5-4-10-18-15)19-11-14-12-20-21(13-14)16-6-2-1-3-7-16/h1-3,6-7,12-13,15,18H,4-5,8-11H2,(H,19,22). The summed E-state index contributed by atoms with van der Waals surface area (Å²) in [5.41, 5.74) is 2.03. The summed E-state index contributed by atoms with van der Waals surface area (Å²) in [7, 11) is 0. The topological polar surface area (TPSA) is 59.0 Å². The maximum atomic E-state index is 11.9. The summed E-state index contributed by atoms with van der Waals surface area (Å²) < 4.78 is 1.82. The first-order valence-corrected chi connectivity index (χ1v) is 7.90. The molecule has 1 aromatic heterocycles. The van der Waals surface area contributed by atoms with Gasteiger partial charge in [0.25, 0.3) is 0 Å². The molecule has 1 aliphatic heterocycles. The highest BCUT2D eigenvalue weighted by atomic mass is 16.1. The van der Waals surface area contributed by atoms with Crippen LogP contribution in [0.4, 0.5) is 0 Å². The second kappa shape index (κ2) is 7.22. The number of rotatable bonds is 6. The molecule has 22 heavy (non-hydrogen) atoms. The van der Waals surface area contributed by atoms with Crippen LogP contribution in [-0.4, -0.2) is 28.3 Å². The van der Waals surface area contributed by atoms with E-state index in [1.165, 1.54) is 12.8 Å². The van der Waals surface area contributed by atoms with Crippen molar-refractivity contribution in [2.75, 3.05) is 6.54 Å². The van der Waals surface area contributed by atoms with Gasteiger partial charge in [0.15, 0.2) is 0 Å². The van der Waals surface area contributed by atoms with Gasteiger partial charge in [0.2, 0.25) is 5.91 Å². The first-order chi connectivity index (χ1) is 10.8. The molecule has 1 aromatic carbocycles. The minimum absolute atomic E-state index is 0.112. The van der Waals surface area contributed by atoms with Gasteiger partial charge >= 0.3 is 0 Å². The van der Waals surface area contributed by atoms with Gasteiger partial charge in [0.1, 0.15) is 0 Å². The third kappa shape index (κ3) is 3.95. The molecular formula is C17H22N4O. The molecular weight excluding hydrogens is 276 g/mol. The highest BCUT2D eigenvalue weighted by molar-refractivity contribution is 5.75. The molecule has 0 saturated carbocycles. The number of hydrogen-bond donors (Lipinski definition) is 2. The zero-order valence-electron chi connectivity index (χ0n) is 12.7. The molecule has 5 nitrogen and oxygen atoms in total. The Bertz CT molecular complexity index is 602. The van der Waals surface area contributed by atoms with E-state index in [0.29, 0.717) is 19.0 Å². The van der Waals surface area contributed by atoms with E-state index in [2.05, 4.69) is 15.7 Å². The molecule has 2 aromatic rings. The summed E-state index contributed by atoms with van der Waals surface area (Å²) in [6.45, 7) is 1.62. The highest BCUT2D eigenvalue weighted by Crippen LogP contribution is 2.11. The Hall–Kier alpha value is -2.14. The number of carbonyl (C=O) groups excluding carboxylic acids is 1. The second-order valence-electron chi connectivity index (χ2n) is 5.74. The van der Waals surface area contributed by atoms with E-state index in [9.17, 15) is 4.79 Å². The van der Waals surface area contributed by atoms with Crippen molar-refractivity contribution in [1.82, 2.24) is 20.4 Å². The van der Waals surface area contributed by atoms with Gasteiger partial charge in [-0.1, -0.05) is 18.2 Å². The van der Waals surface area contributed by atoms with Crippen molar-refractivity contribution in [3.05, 3.63) is 48.3 Å². The lowest BCUT2D eigenvalue weighted by molar-refractivity contribution is -0.121. The fourth-order valence-corrected chi connectivity index (χ4v) is 2.77. The van der Waals surface area contributed by atoms with Gasteiger partial charge in [-0.3, -0.25) is 4.79 Å². The molecule has 0 radical (unpaired) electrons.